The summed E-state index contributed by atoms with van der Waals surface area (Å²) in [5.74, 6) is -2.24. The van der Waals surface area contributed by atoms with Crippen LogP contribution in [0.4, 0.5) is 0 Å². The van der Waals surface area contributed by atoms with E-state index >= 15 is 0 Å². The molecular formula is C16H24Br2O6Zn2. The molecule has 10 heteroatoms. The molecule has 6 nitrogen and oxygen atoms in total. The van der Waals surface area contributed by atoms with Gasteiger partial charge in [0.1, 0.15) is 12.2 Å². The zero-order valence-corrected chi connectivity index (χ0v) is 24.1. The molecule has 0 aliphatic heterocycles. The zero-order valence-electron chi connectivity index (χ0n) is 15.0. The van der Waals surface area contributed by atoms with Crippen molar-refractivity contribution >= 4 is 11.9 Å². The fourth-order valence-corrected chi connectivity index (χ4v) is 3.08. The summed E-state index contributed by atoms with van der Waals surface area (Å²) in [5, 5.41) is 23.6. The molecule has 2 saturated carbocycles. The first-order valence-corrected chi connectivity index (χ1v) is 8.30. The van der Waals surface area contributed by atoms with Gasteiger partial charge in [-0.2, -0.15) is 0 Å². The van der Waals surface area contributed by atoms with Gasteiger partial charge in [-0.05, 0) is 63.6 Å². The molecule has 0 heterocycles. The molecule has 142 valence electrons. The first-order valence-electron chi connectivity index (χ1n) is 8.30. The number of carbonyl (C=O) groups is 2. The molecule has 0 radical (unpaired) electrons. The third-order valence-electron chi connectivity index (χ3n) is 4.41. The number of carbonyl (C=O) groups excluding carboxylic acids is 2. The molecule has 0 spiro atoms. The Labute approximate surface area is 201 Å². The van der Waals surface area contributed by atoms with E-state index in [1.165, 1.54) is 0 Å². The smallest absolute Gasteiger partial charge is 1.00 e. The van der Waals surface area contributed by atoms with Gasteiger partial charge in [-0.15, -0.1) is 0 Å². The van der Waals surface area contributed by atoms with E-state index in [2.05, 4.69) is 0 Å². The van der Waals surface area contributed by atoms with Crippen LogP contribution in [-0.2, 0) is 58.0 Å². The zero-order chi connectivity index (χ0) is 15.9. The number of esters is 2. The summed E-state index contributed by atoms with van der Waals surface area (Å²) in [6, 6.07) is 0. The van der Waals surface area contributed by atoms with E-state index in [-0.39, 0.29) is 85.1 Å². The monoisotopic (exact) mass is 598 g/mol. The third kappa shape index (κ3) is 10.6. The Hall–Kier alpha value is 1.07. The molecule has 2 atom stereocenters. The van der Waals surface area contributed by atoms with Gasteiger partial charge in [-0.3, -0.25) is 9.59 Å². The van der Waals surface area contributed by atoms with Crippen LogP contribution in [0.2, 0.25) is 0 Å². The second-order valence-electron chi connectivity index (χ2n) is 6.24. The average molecular weight is 603 g/mol. The van der Waals surface area contributed by atoms with E-state index in [0.717, 1.165) is 38.5 Å². The van der Waals surface area contributed by atoms with Crippen LogP contribution in [0.25, 0.3) is 0 Å². The standard InChI is InChI=1S/C16H24O6.2BrH.2Zn/c17-13(15(19)21-11-7-3-1-4-8-11)14(18)16(20)22-12-9-5-2-6-10-12;;;;/h11-14H,1-10H2;2*1H;;/q-2;;;2*+2/p-2/t13-,14-;;;;/m1..../s1. The molecule has 0 bridgehead atoms. The molecule has 0 aromatic carbocycles. The third-order valence-corrected chi connectivity index (χ3v) is 4.41. The van der Waals surface area contributed by atoms with Crippen molar-refractivity contribution in [3.05, 3.63) is 0 Å². The summed E-state index contributed by atoms with van der Waals surface area (Å²) in [6.45, 7) is 0. The SMILES string of the molecule is O=C(OC1CCCCC1)[C@H]([O-])[C@@H]([O-])C(=O)OC1CCCCC1.[Br-].[Br-].[Zn+2].[Zn+2]. The Bertz CT molecular complexity index is 355. The topological polar surface area (TPSA) is 98.7 Å². The minimum atomic E-state index is -2.24. The minimum Gasteiger partial charge on any atom is -1.00 e. The van der Waals surface area contributed by atoms with Crippen molar-refractivity contribution in [2.24, 2.45) is 0 Å². The quantitative estimate of drug-likeness (QED) is 0.230. The van der Waals surface area contributed by atoms with E-state index in [1.807, 2.05) is 0 Å². The molecule has 0 amide bonds. The van der Waals surface area contributed by atoms with Crippen LogP contribution in [-0.4, -0.2) is 36.4 Å². The van der Waals surface area contributed by atoms with Gasteiger partial charge < -0.3 is 53.6 Å². The second kappa shape index (κ2) is 17.0. The van der Waals surface area contributed by atoms with Gasteiger partial charge in [0, 0.05) is 0 Å². The molecule has 2 aliphatic carbocycles. The maximum absolute atomic E-state index is 11.8. The van der Waals surface area contributed by atoms with Gasteiger partial charge in [-0.25, -0.2) is 0 Å². The normalized spacial score (nSPS) is 19.9. The molecule has 2 rings (SSSR count). The Morgan fingerprint density at radius 2 is 0.923 bits per heavy atom. The van der Waals surface area contributed by atoms with Crippen LogP contribution in [0.15, 0.2) is 0 Å². The van der Waals surface area contributed by atoms with Gasteiger partial charge in [0.15, 0.2) is 0 Å². The molecule has 0 N–H and O–H groups in total. The van der Waals surface area contributed by atoms with Crippen LogP contribution in [0.3, 0.4) is 0 Å². The summed E-state index contributed by atoms with van der Waals surface area (Å²) in [5.41, 5.74) is 0. The number of hydrogen-bond donors (Lipinski definition) is 0. The molecule has 2 aliphatic rings. The maximum Gasteiger partial charge on any atom is 2.00 e. The van der Waals surface area contributed by atoms with Gasteiger partial charge in [0.2, 0.25) is 0 Å². The largest absolute Gasteiger partial charge is 2.00 e. The van der Waals surface area contributed by atoms with Crippen molar-refractivity contribution in [1.29, 1.82) is 0 Å². The van der Waals surface area contributed by atoms with E-state index in [4.69, 9.17) is 9.47 Å². The first kappa shape index (κ1) is 31.8. The molecular weight excluding hydrogens is 579 g/mol. The van der Waals surface area contributed by atoms with Gasteiger partial charge >= 0.3 is 39.0 Å². The fraction of sp³-hybridized carbons (Fsp3) is 0.875. The van der Waals surface area contributed by atoms with Crippen molar-refractivity contribution in [2.45, 2.75) is 88.6 Å². The molecule has 0 aromatic heterocycles. The summed E-state index contributed by atoms with van der Waals surface area (Å²) in [6.07, 6.45) is 3.79. The maximum atomic E-state index is 11.8. The minimum absolute atomic E-state index is 0. The average Bonchev–Trinajstić information content (AvgIpc) is 2.55. The van der Waals surface area contributed by atoms with Crippen LogP contribution in [0.1, 0.15) is 64.2 Å². The van der Waals surface area contributed by atoms with Crippen molar-refractivity contribution in [2.75, 3.05) is 0 Å². The van der Waals surface area contributed by atoms with Gasteiger partial charge in [-0.1, -0.05) is 12.8 Å². The van der Waals surface area contributed by atoms with Crippen molar-refractivity contribution in [3.8, 4) is 0 Å². The van der Waals surface area contributed by atoms with E-state index in [9.17, 15) is 19.8 Å². The second-order valence-corrected chi connectivity index (χ2v) is 6.24. The van der Waals surface area contributed by atoms with Gasteiger partial charge in [0.25, 0.3) is 11.9 Å². The van der Waals surface area contributed by atoms with Crippen LogP contribution in [0, 0.1) is 0 Å². The van der Waals surface area contributed by atoms with Crippen molar-refractivity contribution in [1.82, 2.24) is 0 Å². The molecule has 2 fully saturated rings. The predicted octanol–water partition coefficient (Wildman–Crippen LogP) is -5.80. The predicted molar refractivity (Wildman–Crippen MR) is 73.5 cm³/mol. The number of hydrogen-bond acceptors (Lipinski definition) is 6. The van der Waals surface area contributed by atoms with Crippen LogP contribution >= 0.6 is 0 Å². The Kier molecular flexibility index (Phi) is 20.7. The number of ether oxygens (including phenoxy) is 2. The van der Waals surface area contributed by atoms with Crippen LogP contribution < -0.4 is 44.2 Å². The molecule has 0 unspecified atom stereocenters. The molecule has 0 saturated heterocycles. The molecule has 26 heavy (non-hydrogen) atoms. The van der Waals surface area contributed by atoms with Crippen molar-refractivity contribution < 1.29 is 102 Å². The van der Waals surface area contributed by atoms with Crippen LogP contribution in [0.5, 0.6) is 0 Å². The van der Waals surface area contributed by atoms with E-state index < -0.39 is 24.1 Å². The number of halogens is 2. The Balaban J connectivity index is -0.00000132. The Morgan fingerprint density at radius 1 is 0.654 bits per heavy atom. The summed E-state index contributed by atoms with van der Waals surface area (Å²) in [4.78, 5) is 23.4. The van der Waals surface area contributed by atoms with Gasteiger partial charge in [0.05, 0.1) is 0 Å². The summed E-state index contributed by atoms with van der Waals surface area (Å²) < 4.78 is 10.1. The fourth-order valence-electron chi connectivity index (χ4n) is 3.08. The number of rotatable bonds is 5. The van der Waals surface area contributed by atoms with E-state index in [1.54, 1.807) is 0 Å². The summed E-state index contributed by atoms with van der Waals surface area (Å²) >= 11 is 0. The van der Waals surface area contributed by atoms with Crippen molar-refractivity contribution in [3.63, 3.8) is 0 Å². The summed E-state index contributed by atoms with van der Waals surface area (Å²) in [7, 11) is 0. The molecule has 0 aromatic rings. The Morgan fingerprint density at radius 3 is 1.19 bits per heavy atom. The van der Waals surface area contributed by atoms with E-state index in [0.29, 0.717) is 25.7 Å². The first-order chi connectivity index (χ1) is 10.6.